The maximum atomic E-state index is 11.7. The summed E-state index contributed by atoms with van der Waals surface area (Å²) in [6, 6.07) is 5.18. The third kappa shape index (κ3) is 3.04. The molecule has 0 saturated carbocycles. The van der Waals surface area contributed by atoms with E-state index in [4.69, 9.17) is 5.73 Å². The number of anilines is 2. The molecule has 7 heteroatoms. The largest absolute Gasteiger partial charge is 0.399 e. The summed E-state index contributed by atoms with van der Waals surface area (Å²) in [5.74, 6) is -0.180. The molecule has 1 aromatic carbocycles. The van der Waals surface area contributed by atoms with Gasteiger partial charge < -0.3 is 11.1 Å². The molecule has 0 bridgehead atoms. The molecule has 2 aromatic rings. The summed E-state index contributed by atoms with van der Waals surface area (Å²) < 4.78 is 2.19. The molecule has 88 valence electrons. The Morgan fingerprint density at radius 2 is 2.35 bits per heavy atom. The lowest BCUT2D eigenvalue weighted by Crippen LogP contribution is -2.19. The van der Waals surface area contributed by atoms with E-state index in [1.54, 1.807) is 18.2 Å². The minimum Gasteiger partial charge on any atom is -0.399 e. The molecule has 1 aromatic heterocycles. The van der Waals surface area contributed by atoms with Crippen LogP contribution in [0.4, 0.5) is 11.4 Å². The van der Waals surface area contributed by atoms with Gasteiger partial charge in [0.2, 0.25) is 5.91 Å². The summed E-state index contributed by atoms with van der Waals surface area (Å²) in [5.41, 5.74) is 6.90. The molecule has 0 atom stereocenters. The number of benzene rings is 1. The number of amides is 1. The van der Waals surface area contributed by atoms with Crippen LogP contribution in [0.1, 0.15) is 0 Å². The van der Waals surface area contributed by atoms with Crippen LogP contribution in [-0.4, -0.2) is 20.7 Å². The number of carbonyl (C=O) groups is 1. The predicted molar refractivity (Wildman–Crippen MR) is 67.2 cm³/mol. The molecule has 0 fully saturated rings. The smallest absolute Gasteiger partial charge is 0.246 e. The Morgan fingerprint density at radius 1 is 1.53 bits per heavy atom. The summed E-state index contributed by atoms with van der Waals surface area (Å²) in [4.78, 5) is 15.4. The molecule has 1 heterocycles. The van der Waals surface area contributed by atoms with E-state index >= 15 is 0 Å². The first-order valence-corrected chi connectivity index (χ1v) is 5.62. The van der Waals surface area contributed by atoms with Gasteiger partial charge in [-0.2, -0.15) is 5.10 Å². The number of rotatable bonds is 3. The van der Waals surface area contributed by atoms with Crippen LogP contribution < -0.4 is 11.1 Å². The van der Waals surface area contributed by atoms with Crippen molar-refractivity contribution >= 4 is 33.2 Å². The van der Waals surface area contributed by atoms with Crippen molar-refractivity contribution in [3.8, 4) is 0 Å². The molecule has 6 nitrogen and oxygen atoms in total. The lowest BCUT2D eigenvalue weighted by molar-refractivity contribution is -0.116. The van der Waals surface area contributed by atoms with E-state index in [2.05, 4.69) is 31.3 Å². The van der Waals surface area contributed by atoms with Crippen molar-refractivity contribution in [3.05, 3.63) is 35.3 Å². The van der Waals surface area contributed by atoms with Crippen LogP contribution in [0.5, 0.6) is 0 Å². The number of hydrogen-bond donors (Lipinski definition) is 2. The van der Waals surface area contributed by atoms with Gasteiger partial charge in [-0.1, -0.05) is 0 Å². The number of nitrogen functional groups attached to an aromatic ring is 1. The summed E-state index contributed by atoms with van der Waals surface area (Å²) in [6.07, 6.45) is 2.87. The molecule has 17 heavy (non-hydrogen) atoms. The van der Waals surface area contributed by atoms with Gasteiger partial charge in [0.15, 0.2) is 0 Å². The number of nitrogens with two attached hydrogens (primary N) is 1. The number of carbonyl (C=O) groups excluding carboxylic acids is 1. The van der Waals surface area contributed by atoms with Crippen LogP contribution in [0.3, 0.4) is 0 Å². The zero-order chi connectivity index (χ0) is 12.3. The molecule has 0 aliphatic rings. The molecule has 0 saturated heterocycles. The summed E-state index contributed by atoms with van der Waals surface area (Å²) in [5, 5.41) is 6.59. The first-order valence-electron chi connectivity index (χ1n) is 4.82. The minimum absolute atomic E-state index is 0.122. The van der Waals surface area contributed by atoms with Crippen molar-refractivity contribution < 1.29 is 4.79 Å². The predicted octanol–water partition coefficient (Wildman–Crippen LogP) is 1.26. The van der Waals surface area contributed by atoms with Gasteiger partial charge in [-0.15, -0.1) is 0 Å². The Bertz CT molecular complexity index is 525. The van der Waals surface area contributed by atoms with Crippen molar-refractivity contribution in [1.82, 2.24) is 14.8 Å². The quantitative estimate of drug-likeness (QED) is 0.835. The molecular formula is C10H10BrN5O. The average Bonchev–Trinajstić information content (AvgIpc) is 2.75. The highest BCUT2D eigenvalue weighted by Gasteiger charge is 2.06. The second-order valence-electron chi connectivity index (χ2n) is 3.38. The fourth-order valence-corrected chi connectivity index (χ4v) is 1.78. The Labute approximate surface area is 106 Å². The molecule has 0 radical (unpaired) electrons. The van der Waals surface area contributed by atoms with Gasteiger partial charge in [0.1, 0.15) is 19.2 Å². The highest BCUT2D eigenvalue weighted by molar-refractivity contribution is 9.10. The summed E-state index contributed by atoms with van der Waals surface area (Å²) in [6.45, 7) is 0.122. The Kier molecular flexibility index (Phi) is 3.38. The number of aromatic nitrogens is 3. The molecule has 1 amide bonds. The number of nitrogens with zero attached hydrogens (tertiary/aromatic N) is 3. The molecular weight excluding hydrogens is 286 g/mol. The second kappa shape index (κ2) is 4.96. The Morgan fingerprint density at radius 3 is 3.00 bits per heavy atom. The molecule has 0 aliphatic carbocycles. The first kappa shape index (κ1) is 11.6. The molecule has 0 spiro atoms. The highest BCUT2D eigenvalue weighted by atomic mass is 79.9. The van der Waals surface area contributed by atoms with Gasteiger partial charge in [-0.25, -0.2) is 9.67 Å². The van der Waals surface area contributed by atoms with Crippen molar-refractivity contribution in [1.29, 1.82) is 0 Å². The van der Waals surface area contributed by atoms with Crippen molar-refractivity contribution in [2.24, 2.45) is 0 Å². The highest BCUT2D eigenvalue weighted by Crippen LogP contribution is 2.24. The number of hydrogen-bond acceptors (Lipinski definition) is 4. The van der Waals surface area contributed by atoms with Gasteiger partial charge in [0.25, 0.3) is 0 Å². The zero-order valence-electron chi connectivity index (χ0n) is 8.80. The molecule has 0 aliphatic heterocycles. The fraction of sp³-hybridized carbons (Fsp3) is 0.100. The van der Waals surface area contributed by atoms with Crippen LogP contribution >= 0.6 is 15.9 Å². The van der Waals surface area contributed by atoms with E-state index < -0.39 is 0 Å². The van der Waals surface area contributed by atoms with Crippen LogP contribution in [0, 0.1) is 0 Å². The van der Waals surface area contributed by atoms with E-state index in [1.807, 2.05) is 0 Å². The average molecular weight is 296 g/mol. The fourth-order valence-electron chi connectivity index (χ4n) is 1.28. The molecule has 3 N–H and O–H groups in total. The monoisotopic (exact) mass is 295 g/mol. The standard InChI is InChI=1S/C10H10BrN5O/c11-8-3-7(12)1-2-9(8)15-10(17)4-16-6-13-5-14-16/h1-3,5-6H,4,12H2,(H,15,17). The van der Waals surface area contributed by atoms with Gasteiger partial charge in [0, 0.05) is 10.2 Å². The lowest BCUT2D eigenvalue weighted by Gasteiger charge is -2.07. The Hall–Kier alpha value is -1.89. The van der Waals surface area contributed by atoms with Gasteiger partial charge in [-0.05, 0) is 34.1 Å². The molecule has 0 unspecified atom stereocenters. The third-order valence-electron chi connectivity index (χ3n) is 2.04. The van der Waals surface area contributed by atoms with E-state index in [0.717, 1.165) is 4.47 Å². The van der Waals surface area contributed by atoms with Crippen molar-refractivity contribution in [2.45, 2.75) is 6.54 Å². The SMILES string of the molecule is Nc1ccc(NC(=O)Cn2cncn2)c(Br)c1. The lowest BCUT2D eigenvalue weighted by atomic mass is 10.3. The second-order valence-corrected chi connectivity index (χ2v) is 4.23. The van der Waals surface area contributed by atoms with Crippen LogP contribution in [0.15, 0.2) is 35.3 Å². The van der Waals surface area contributed by atoms with E-state index in [1.165, 1.54) is 17.3 Å². The topological polar surface area (TPSA) is 85.8 Å². The first-order chi connectivity index (χ1) is 8.15. The maximum absolute atomic E-state index is 11.7. The molecule has 2 rings (SSSR count). The van der Waals surface area contributed by atoms with Crippen molar-refractivity contribution in [2.75, 3.05) is 11.1 Å². The Balaban J connectivity index is 2.03. The van der Waals surface area contributed by atoms with E-state index in [9.17, 15) is 4.79 Å². The number of halogens is 1. The zero-order valence-corrected chi connectivity index (χ0v) is 10.4. The van der Waals surface area contributed by atoms with Crippen LogP contribution in [-0.2, 0) is 11.3 Å². The summed E-state index contributed by atoms with van der Waals surface area (Å²) >= 11 is 3.32. The van der Waals surface area contributed by atoms with Gasteiger partial charge >= 0.3 is 0 Å². The van der Waals surface area contributed by atoms with Gasteiger partial charge in [0.05, 0.1) is 5.69 Å². The number of nitrogens with one attached hydrogen (secondary N) is 1. The minimum atomic E-state index is -0.180. The van der Waals surface area contributed by atoms with E-state index in [0.29, 0.717) is 11.4 Å². The van der Waals surface area contributed by atoms with Crippen molar-refractivity contribution in [3.63, 3.8) is 0 Å². The van der Waals surface area contributed by atoms with Gasteiger partial charge in [-0.3, -0.25) is 4.79 Å². The van der Waals surface area contributed by atoms with E-state index in [-0.39, 0.29) is 12.5 Å². The van der Waals surface area contributed by atoms with Crippen LogP contribution in [0.25, 0.3) is 0 Å². The third-order valence-corrected chi connectivity index (χ3v) is 2.70. The summed E-state index contributed by atoms with van der Waals surface area (Å²) in [7, 11) is 0. The maximum Gasteiger partial charge on any atom is 0.246 e. The normalized spacial score (nSPS) is 10.2. The van der Waals surface area contributed by atoms with Crippen LogP contribution in [0.2, 0.25) is 0 Å².